The van der Waals surface area contributed by atoms with E-state index in [9.17, 15) is 0 Å². The number of hydrogen-bond donors (Lipinski definition) is 0. The molecule has 0 fully saturated rings. The molecule has 0 radical (unpaired) electrons. The highest BCUT2D eigenvalue weighted by atomic mass is 16.5. The highest BCUT2D eigenvalue weighted by Crippen LogP contribution is 2.31. The van der Waals surface area contributed by atoms with Gasteiger partial charge < -0.3 is 4.74 Å². The van der Waals surface area contributed by atoms with E-state index in [0.29, 0.717) is 5.56 Å². The van der Waals surface area contributed by atoms with Crippen LogP contribution < -0.4 is 4.74 Å². The maximum Gasteiger partial charge on any atom is 0.127 e. The monoisotopic (exact) mass is 235 g/mol. The molecule has 88 valence electrons. The molecule has 0 saturated carbocycles. The SMILES string of the molecule is C=Cc1ccc(-c2ccc(C#N)cc2)c(OC)c1. The number of rotatable bonds is 3. The van der Waals surface area contributed by atoms with Crippen molar-refractivity contribution in [3.63, 3.8) is 0 Å². The number of methoxy groups -OCH3 is 1. The Morgan fingerprint density at radius 2 is 1.89 bits per heavy atom. The molecular weight excluding hydrogens is 222 g/mol. The summed E-state index contributed by atoms with van der Waals surface area (Å²) in [4.78, 5) is 0. The predicted octanol–water partition coefficient (Wildman–Crippen LogP) is 3.88. The van der Waals surface area contributed by atoms with E-state index in [2.05, 4.69) is 12.6 Å². The fourth-order valence-electron chi connectivity index (χ4n) is 1.80. The van der Waals surface area contributed by atoms with Gasteiger partial charge in [0, 0.05) is 5.56 Å². The lowest BCUT2D eigenvalue weighted by Gasteiger charge is -2.09. The lowest BCUT2D eigenvalue weighted by atomic mass is 10.0. The molecule has 0 amide bonds. The molecule has 2 nitrogen and oxygen atoms in total. The molecule has 0 N–H and O–H groups in total. The van der Waals surface area contributed by atoms with Gasteiger partial charge in [0.05, 0.1) is 18.7 Å². The van der Waals surface area contributed by atoms with Crippen molar-refractivity contribution in [2.75, 3.05) is 7.11 Å². The van der Waals surface area contributed by atoms with Crippen LogP contribution in [0.4, 0.5) is 0 Å². The molecule has 0 bridgehead atoms. The van der Waals surface area contributed by atoms with Gasteiger partial charge in [0.1, 0.15) is 5.75 Å². The topological polar surface area (TPSA) is 33.0 Å². The Balaban J connectivity index is 2.49. The van der Waals surface area contributed by atoms with Crippen molar-refractivity contribution >= 4 is 6.08 Å². The number of nitriles is 1. The van der Waals surface area contributed by atoms with Crippen LogP contribution in [0, 0.1) is 11.3 Å². The lowest BCUT2D eigenvalue weighted by molar-refractivity contribution is 0.416. The summed E-state index contributed by atoms with van der Waals surface area (Å²) in [6.45, 7) is 3.74. The molecule has 0 aromatic heterocycles. The van der Waals surface area contributed by atoms with E-state index in [1.54, 1.807) is 25.3 Å². The van der Waals surface area contributed by atoms with Crippen LogP contribution in [0.5, 0.6) is 5.75 Å². The molecular formula is C16H13NO. The van der Waals surface area contributed by atoms with Crippen LogP contribution >= 0.6 is 0 Å². The predicted molar refractivity (Wildman–Crippen MR) is 73.2 cm³/mol. The second kappa shape index (κ2) is 5.20. The summed E-state index contributed by atoms with van der Waals surface area (Å²) in [7, 11) is 1.65. The standard InChI is InChI=1S/C16H13NO/c1-3-12-6-9-15(16(10-12)18-2)14-7-4-13(11-17)5-8-14/h3-10H,1H2,2H3. The lowest BCUT2D eigenvalue weighted by Crippen LogP contribution is -1.89. The highest BCUT2D eigenvalue weighted by Gasteiger charge is 2.06. The summed E-state index contributed by atoms with van der Waals surface area (Å²) in [5, 5.41) is 8.78. The minimum absolute atomic E-state index is 0.653. The van der Waals surface area contributed by atoms with E-state index < -0.39 is 0 Å². The third-order valence-electron chi connectivity index (χ3n) is 2.79. The molecule has 2 aromatic carbocycles. The fourth-order valence-corrected chi connectivity index (χ4v) is 1.80. The van der Waals surface area contributed by atoms with Crippen molar-refractivity contribution in [3.8, 4) is 22.9 Å². The molecule has 0 saturated heterocycles. The minimum Gasteiger partial charge on any atom is -0.496 e. The number of benzene rings is 2. The van der Waals surface area contributed by atoms with E-state index in [0.717, 1.165) is 22.4 Å². The van der Waals surface area contributed by atoms with Gasteiger partial charge >= 0.3 is 0 Å². The van der Waals surface area contributed by atoms with Gasteiger partial charge in [-0.3, -0.25) is 0 Å². The highest BCUT2D eigenvalue weighted by molar-refractivity contribution is 5.73. The summed E-state index contributed by atoms with van der Waals surface area (Å²) in [5.41, 5.74) is 3.71. The molecule has 2 heteroatoms. The molecule has 0 aliphatic heterocycles. The van der Waals surface area contributed by atoms with E-state index in [1.807, 2.05) is 30.3 Å². The van der Waals surface area contributed by atoms with Gasteiger partial charge in [-0.25, -0.2) is 0 Å². The Labute approximate surface area is 107 Å². The summed E-state index contributed by atoms with van der Waals surface area (Å²) >= 11 is 0. The van der Waals surface area contributed by atoms with Gasteiger partial charge in [-0.1, -0.05) is 36.9 Å². The van der Waals surface area contributed by atoms with Gasteiger partial charge in [0.2, 0.25) is 0 Å². The maximum atomic E-state index is 8.78. The minimum atomic E-state index is 0.653. The van der Waals surface area contributed by atoms with E-state index in [4.69, 9.17) is 10.00 Å². The van der Waals surface area contributed by atoms with E-state index >= 15 is 0 Å². The van der Waals surface area contributed by atoms with Gasteiger partial charge in [-0.15, -0.1) is 0 Å². The molecule has 0 unspecified atom stereocenters. The molecule has 0 atom stereocenters. The normalized spacial score (nSPS) is 9.56. The average Bonchev–Trinajstić information content (AvgIpc) is 2.46. The molecule has 0 aliphatic carbocycles. The van der Waals surface area contributed by atoms with Crippen molar-refractivity contribution in [3.05, 3.63) is 60.2 Å². The Morgan fingerprint density at radius 1 is 1.17 bits per heavy atom. The van der Waals surface area contributed by atoms with Crippen LogP contribution in [-0.2, 0) is 0 Å². The van der Waals surface area contributed by atoms with Crippen LogP contribution in [-0.4, -0.2) is 7.11 Å². The van der Waals surface area contributed by atoms with Crippen LogP contribution in [0.3, 0.4) is 0 Å². The molecule has 0 heterocycles. The zero-order valence-electron chi connectivity index (χ0n) is 10.2. The second-order valence-electron chi connectivity index (χ2n) is 3.85. The van der Waals surface area contributed by atoms with Crippen molar-refractivity contribution in [1.29, 1.82) is 5.26 Å². The Kier molecular flexibility index (Phi) is 3.45. The first-order valence-electron chi connectivity index (χ1n) is 5.59. The summed E-state index contributed by atoms with van der Waals surface area (Å²) in [6.07, 6.45) is 1.78. The van der Waals surface area contributed by atoms with E-state index in [-0.39, 0.29) is 0 Å². The van der Waals surface area contributed by atoms with Crippen LogP contribution in [0.25, 0.3) is 17.2 Å². The first-order valence-corrected chi connectivity index (χ1v) is 5.59. The van der Waals surface area contributed by atoms with Crippen LogP contribution in [0.1, 0.15) is 11.1 Å². The van der Waals surface area contributed by atoms with Crippen molar-refractivity contribution in [1.82, 2.24) is 0 Å². The molecule has 0 spiro atoms. The summed E-state index contributed by atoms with van der Waals surface area (Å²) in [5.74, 6) is 0.803. The Bertz CT molecular complexity index is 606. The van der Waals surface area contributed by atoms with Gasteiger partial charge in [-0.05, 0) is 29.3 Å². The molecule has 2 rings (SSSR count). The number of hydrogen-bond acceptors (Lipinski definition) is 2. The Morgan fingerprint density at radius 3 is 2.44 bits per heavy atom. The third-order valence-corrected chi connectivity index (χ3v) is 2.79. The molecule has 2 aromatic rings. The maximum absolute atomic E-state index is 8.78. The number of ether oxygens (including phenoxy) is 1. The summed E-state index contributed by atoms with van der Waals surface area (Å²) in [6, 6.07) is 15.5. The third kappa shape index (κ3) is 2.26. The van der Waals surface area contributed by atoms with Crippen LogP contribution in [0.15, 0.2) is 49.0 Å². The largest absolute Gasteiger partial charge is 0.496 e. The van der Waals surface area contributed by atoms with Crippen molar-refractivity contribution < 1.29 is 4.74 Å². The first-order chi connectivity index (χ1) is 8.78. The van der Waals surface area contributed by atoms with Gasteiger partial charge in [0.15, 0.2) is 0 Å². The first kappa shape index (κ1) is 11.9. The van der Waals surface area contributed by atoms with E-state index in [1.165, 1.54) is 0 Å². The van der Waals surface area contributed by atoms with Crippen LogP contribution in [0.2, 0.25) is 0 Å². The average molecular weight is 235 g/mol. The second-order valence-corrected chi connectivity index (χ2v) is 3.85. The smallest absolute Gasteiger partial charge is 0.127 e. The molecule has 18 heavy (non-hydrogen) atoms. The number of nitrogens with zero attached hydrogens (tertiary/aromatic N) is 1. The quantitative estimate of drug-likeness (QED) is 0.808. The van der Waals surface area contributed by atoms with Crippen molar-refractivity contribution in [2.45, 2.75) is 0 Å². The summed E-state index contributed by atoms with van der Waals surface area (Å²) < 4.78 is 5.39. The Hall–Kier alpha value is -2.53. The molecule has 0 aliphatic rings. The fraction of sp³-hybridized carbons (Fsp3) is 0.0625. The van der Waals surface area contributed by atoms with Gasteiger partial charge in [-0.2, -0.15) is 5.26 Å². The zero-order valence-corrected chi connectivity index (χ0v) is 10.2. The zero-order chi connectivity index (χ0) is 13.0. The van der Waals surface area contributed by atoms with Crippen molar-refractivity contribution in [2.24, 2.45) is 0 Å². The van der Waals surface area contributed by atoms with Gasteiger partial charge in [0.25, 0.3) is 0 Å².